The molecule has 0 saturated heterocycles. The molecular formula is C30H64. The van der Waals surface area contributed by atoms with Crippen LogP contribution >= 0.6 is 0 Å². The minimum atomic E-state index is 0.413. The zero-order valence-electron chi connectivity index (χ0n) is 24.1. The molecule has 0 aromatic heterocycles. The third-order valence-electron chi connectivity index (χ3n) is 9.59. The topological polar surface area (TPSA) is 0 Å². The molecule has 0 radical (unpaired) electrons. The zero-order valence-corrected chi connectivity index (χ0v) is 24.1. The fourth-order valence-corrected chi connectivity index (χ4v) is 5.87. The Morgan fingerprint density at radius 1 is 0.667 bits per heavy atom. The summed E-state index contributed by atoms with van der Waals surface area (Å²) in [4.78, 5) is 0. The Bertz CT molecular complexity index is 395. The molecule has 0 aromatic carbocycles. The molecule has 0 bridgehead atoms. The number of rotatable bonds is 14. The Balaban J connectivity index is 0. The molecule has 0 spiro atoms. The third-order valence-corrected chi connectivity index (χ3v) is 9.59. The standard InChI is InChI=1S/C27H56.C3H8/c1-13-17-18-20(5)25(14-2)24(9)23(8)21(6)19-22(7)27(12,16-4)26(10,11)15-3;1-3-2/h20-25H,13-19H2,1-12H3;3H2,1-2H3. The molecule has 7 unspecified atom stereocenters. The zero-order chi connectivity index (χ0) is 24.1. The van der Waals surface area contributed by atoms with Crippen molar-refractivity contribution >= 4 is 0 Å². The van der Waals surface area contributed by atoms with E-state index in [2.05, 4.69) is 96.9 Å². The Morgan fingerprint density at radius 3 is 1.53 bits per heavy atom. The van der Waals surface area contributed by atoms with Crippen LogP contribution in [0.3, 0.4) is 0 Å². The van der Waals surface area contributed by atoms with E-state index in [9.17, 15) is 0 Å². The maximum Gasteiger partial charge on any atom is -0.0252 e. The molecule has 0 aliphatic carbocycles. The number of hydrogen-bond acceptors (Lipinski definition) is 0. The maximum absolute atomic E-state index is 2.56. The molecule has 7 atom stereocenters. The lowest BCUT2D eigenvalue weighted by Crippen LogP contribution is -2.41. The van der Waals surface area contributed by atoms with Gasteiger partial charge in [0.05, 0.1) is 0 Å². The van der Waals surface area contributed by atoms with Gasteiger partial charge in [-0.25, -0.2) is 0 Å². The van der Waals surface area contributed by atoms with Gasteiger partial charge in [0, 0.05) is 0 Å². The SMILES string of the molecule is CCC.CCCCC(C)C(CC)C(C)C(C)C(C)CC(C)C(C)(CC)C(C)(C)CC. The molecule has 0 fully saturated rings. The summed E-state index contributed by atoms with van der Waals surface area (Å²) in [6.07, 6.45) is 10.7. The van der Waals surface area contributed by atoms with Crippen molar-refractivity contribution in [3.05, 3.63) is 0 Å². The van der Waals surface area contributed by atoms with E-state index in [-0.39, 0.29) is 0 Å². The lowest BCUT2D eigenvalue weighted by Gasteiger charge is -2.49. The summed E-state index contributed by atoms with van der Waals surface area (Å²) in [5.41, 5.74) is 0.841. The summed E-state index contributed by atoms with van der Waals surface area (Å²) in [6, 6.07) is 0. The van der Waals surface area contributed by atoms with Crippen molar-refractivity contribution in [1.29, 1.82) is 0 Å². The van der Waals surface area contributed by atoms with Gasteiger partial charge in [-0.05, 0) is 59.2 Å². The highest BCUT2D eigenvalue weighted by Gasteiger charge is 2.43. The van der Waals surface area contributed by atoms with E-state index in [4.69, 9.17) is 0 Å². The van der Waals surface area contributed by atoms with Crippen molar-refractivity contribution in [2.45, 2.75) is 148 Å². The molecule has 0 aliphatic heterocycles. The molecule has 0 heterocycles. The minimum Gasteiger partial charge on any atom is -0.0656 e. The lowest BCUT2D eigenvalue weighted by atomic mass is 9.56. The van der Waals surface area contributed by atoms with Crippen LogP contribution in [0.4, 0.5) is 0 Å². The fraction of sp³-hybridized carbons (Fsp3) is 1.00. The first kappa shape index (κ1) is 32.2. The van der Waals surface area contributed by atoms with Gasteiger partial charge in [0.2, 0.25) is 0 Å². The monoisotopic (exact) mass is 425 g/mol. The Morgan fingerprint density at radius 2 is 1.17 bits per heavy atom. The lowest BCUT2D eigenvalue weighted by molar-refractivity contribution is 0.00185. The van der Waals surface area contributed by atoms with Crippen LogP contribution in [0.5, 0.6) is 0 Å². The van der Waals surface area contributed by atoms with Crippen LogP contribution in [-0.2, 0) is 0 Å². The molecule has 0 saturated carbocycles. The van der Waals surface area contributed by atoms with Gasteiger partial charge in [-0.3, -0.25) is 0 Å². The molecule has 0 aliphatic rings. The molecule has 184 valence electrons. The highest BCUT2D eigenvalue weighted by molar-refractivity contribution is 4.92. The van der Waals surface area contributed by atoms with E-state index in [1.165, 1.54) is 51.4 Å². The Kier molecular flexibility index (Phi) is 16.9. The number of unbranched alkanes of at least 4 members (excludes halogenated alkanes) is 1. The van der Waals surface area contributed by atoms with Crippen molar-refractivity contribution in [3.8, 4) is 0 Å². The van der Waals surface area contributed by atoms with Gasteiger partial charge < -0.3 is 0 Å². The highest BCUT2D eigenvalue weighted by atomic mass is 14.5. The third kappa shape index (κ3) is 9.24. The molecule has 0 amide bonds. The van der Waals surface area contributed by atoms with Gasteiger partial charge in [0.25, 0.3) is 0 Å². The molecule has 0 rings (SSSR count). The van der Waals surface area contributed by atoms with Gasteiger partial charge >= 0.3 is 0 Å². The van der Waals surface area contributed by atoms with Crippen molar-refractivity contribution < 1.29 is 0 Å². The van der Waals surface area contributed by atoms with E-state index >= 15 is 0 Å². The van der Waals surface area contributed by atoms with Crippen molar-refractivity contribution in [3.63, 3.8) is 0 Å². The summed E-state index contributed by atoms with van der Waals surface area (Å²) < 4.78 is 0. The van der Waals surface area contributed by atoms with Crippen molar-refractivity contribution in [1.82, 2.24) is 0 Å². The average molecular weight is 425 g/mol. The second-order valence-corrected chi connectivity index (χ2v) is 11.7. The predicted octanol–water partition coefficient (Wildman–Crippen LogP) is 11.0. The van der Waals surface area contributed by atoms with Gasteiger partial charge in [0.1, 0.15) is 0 Å². The van der Waals surface area contributed by atoms with Crippen molar-refractivity contribution in [2.24, 2.45) is 46.3 Å². The van der Waals surface area contributed by atoms with E-state index < -0.39 is 0 Å². The summed E-state index contributed by atoms with van der Waals surface area (Å²) in [5.74, 6) is 4.98. The highest BCUT2D eigenvalue weighted by Crippen LogP contribution is 2.52. The summed E-state index contributed by atoms with van der Waals surface area (Å²) >= 11 is 0. The summed E-state index contributed by atoms with van der Waals surface area (Å²) in [6.45, 7) is 34.0. The second-order valence-electron chi connectivity index (χ2n) is 11.7. The van der Waals surface area contributed by atoms with Crippen LogP contribution in [0.15, 0.2) is 0 Å². The minimum absolute atomic E-state index is 0.413. The summed E-state index contributed by atoms with van der Waals surface area (Å²) in [7, 11) is 0. The largest absolute Gasteiger partial charge is 0.0656 e. The first-order chi connectivity index (χ1) is 13.8. The van der Waals surface area contributed by atoms with Crippen LogP contribution in [-0.4, -0.2) is 0 Å². The van der Waals surface area contributed by atoms with Crippen LogP contribution in [0.2, 0.25) is 0 Å². The Labute approximate surface area is 194 Å². The van der Waals surface area contributed by atoms with Gasteiger partial charge in [0.15, 0.2) is 0 Å². The predicted molar refractivity (Wildman–Crippen MR) is 142 cm³/mol. The molecule has 0 heteroatoms. The summed E-state index contributed by atoms with van der Waals surface area (Å²) in [5, 5.41) is 0. The van der Waals surface area contributed by atoms with Crippen LogP contribution in [0.25, 0.3) is 0 Å². The maximum atomic E-state index is 2.56. The van der Waals surface area contributed by atoms with E-state index in [1.54, 1.807) is 0 Å². The van der Waals surface area contributed by atoms with Crippen molar-refractivity contribution in [2.75, 3.05) is 0 Å². The van der Waals surface area contributed by atoms with E-state index in [1.807, 2.05) is 0 Å². The fourth-order valence-electron chi connectivity index (χ4n) is 5.87. The first-order valence-electron chi connectivity index (χ1n) is 13.8. The number of hydrogen-bond donors (Lipinski definition) is 0. The van der Waals surface area contributed by atoms with Gasteiger partial charge in [-0.2, -0.15) is 0 Å². The van der Waals surface area contributed by atoms with Crippen LogP contribution in [0, 0.1) is 46.3 Å². The normalized spacial score (nSPS) is 20.2. The molecular weight excluding hydrogens is 360 g/mol. The average Bonchev–Trinajstić information content (AvgIpc) is 2.71. The molecule has 0 N–H and O–H groups in total. The first-order valence-corrected chi connectivity index (χ1v) is 13.8. The Hall–Kier alpha value is 0. The quantitative estimate of drug-likeness (QED) is 0.260. The molecule has 0 nitrogen and oxygen atoms in total. The molecule has 0 aromatic rings. The van der Waals surface area contributed by atoms with Gasteiger partial charge in [-0.1, -0.05) is 135 Å². The van der Waals surface area contributed by atoms with Crippen LogP contribution in [0.1, 0.15) is 148 Å². The molecule has 30 heavy (non-hydrogen) atoms. The van der Waals surface area contributed by atoms with E-state index in [0.717, 1.165) is 35.5 Å². The smallest absolute Gasteiger partial charge is 0.0252 e. The van der Waals surface area contributed by atoms with Crippen LogP contribution < -0.4 is 0 Å². The second kappa shape index (κ2) is 15.7. The van der Waals surface area contributed by atoms with E-state index in [0.29, 0.717) is 10.8 Å². The van der Waals surface area contributed by atoms with Gasteiger partial charge in [-0.15, -0.1) is 0 Å².